The van der Waals surface area contributed by atoms with Crippen molar-refractivity contribution in [3.63, 3.8) is 0 Å². The molecule has 0 radical (unpaired) electrons. The van der Waals surface area contributed by atoms with E-state index in [0.29, 0.717) is 54.6 Å². The van der Waals surface area contributed by atoms with E-state index in [2.05, 4.69) is 78.0 Å². The van der Waals surface area contributed by atoms with E-state index in [1.54, 1.807) is 0 Å². The number of aliphatic hydroxyl groups is 2. The van der Waals surface area contributed by atoms with Crippen molar-refractivity contribution < 1.29 is 19.7 Å². The average Bonchev–Trinajstić information content (AvgIpc) is 3.30. The first-order valence-electron chi connectivity index (χ1n) is 17.2. The predicted molar refractivity (Wildman–Crippen MR) is 169 cm³/mol. The van der Waals surface area contributed by atoms with Crippen molar-refractivity contribution in [3.8, 4) is 0 Å². The van der Waals surface area contributed by atoms with E-state index < -0.39 is 0 Å². The fourth-order valence-corrected chi connectivity index (χ4v) is 10.8. The Hall–Kier alpha value is -1.59. The summed E-state index contributed by atoms with van der Waals surface area (Å²) < 4.78 is 5.64. The molecule has 1 aromatic carbocycles. The highest BCUT2D eigenvalue weighted by molar-refractivity contribution is 5.67. The largest absolute Gasteiger partial charge is 0.450 e. The van der Waals surface area contributed by atoms with Crippen LogP contribution in [0.1, 0.15) is 117 Å². The average molecular weight is 582 g/mol. The lowest BCUT2D eigenvalue weighted by atomic mass is 9.41. The van der Waals surface area contributed by atoms with Gasteiger partial charge in [-0.1, -0.05) is 79.2 Å². The van der Waals surface area contributed by atoms with E-state index in [0.717, 1.165) is 37.7 Å². The van der Waals surface area contributed by atoms with Gasteiger partial charge in [0.1, 0.15) is 0 Å². The number of aliphatic hydroxyl groups excluding tert-OH is 2. The Morgan fingerprint density at radius 3 is 2.33 bits per heavy atom. The van der Waals surface area contributed by atoms with Gasteiger partial charge < -0.3 is 20.3 Å². The van der Waals surface area contributed by atoms with Gasteiger partial charge in [-0.15, -0.1) is 0 Å². The number of fused-ring (bicyclic) bond motifs is 5. The third kappa shape index (κ3) is 5.78. The SMILES string of the molecule is CC[C@@H]1C2C[C@H](O)CCC2(C)[C@H]2CC[C@]3(C)[C@@H]([C@H](C)CCOC(=O)NCc4ccc(C(C)(C)C)cc4)CC[C@H]3C2[C@@H]1O. The van der Waals surface area contributed by atoms with Crippen LogP contribution in [0.15, 0.2) is 24.3 Å². The number of amides is 1. The highest BCUT2D eigenvalue weighted by Gasteiger charge is 2.64. The Labute approximate surface area is 255 Å². The van der Waals surface area contributed by atoms with Crippen LogP contribution in [0.5, 0.6) is 0 Å². The molecule has 236 valence electrons. The van der Waals surface area contributed by atoms with Crippen LogP contribution in [-0.2, 0) is 16.7 Å². The molecule has 0 aromatic heterocycles. The molecule has 0 bridgehead atoms. The van der Waals surface area contributed by atoms with Crippen LogP contribution in [0.25, 0.3) is 0 Å². The zero-order valence-corrected chi connectivity index (χ0v) is 27.5. The number of benzene rings is 1. The van der Waals surface area contributed by atoms with E-state index in [9.17, 15) is 15.0 Å². The second-order valence-electron chi connectivity index (χ2n) is 16.3. The van der Waals surface area contributed by atoms with Gasteiger partial charge in [-0.2, -0.15) is 0 Å². The van der Waals surface area contributed by atoms with Crippen LogP contribution in [0, 0.1) is 52.3 Å². The summed E-state index contributed by atoms with van der Waals surface area (Å²) in [5, 5.41) is 25.4. The molecule has 0 saturated heterocycles. The van der Waals surface area contributed by atoms with E-state index in [1.165, 1.54) is 31.2 Å². The first kappa shape index (κ1) is 31.8. The molecule has 0 aliphatic heterocycles. The van der Waals surface area contributed by atoms with Crippen LogP contribution in [0.2, 0.25) is 0 Å². The lowest BCUT2D eigenvalue weighted by molar-refractivity contribution is -0.203. The van der Waals surface area contributed by atoms with Crippen molar-refractivity contribution in [1.29, 1.82) is 0 Å². The summed E-state index contributed by atoms with van der Waals surface area (Å²) in [4.78, 5) is 12.5. The number of hydrogen-bond donors (Lipinski definition) is 3. The van der Waals surface area contributed by atoms with Crippen molar-refractivity contribution in [2.24, 2.45) is 52.3 Å². The van der Waals surface area contributed by atoms with Crippen molar-refractivity contribution in [2.45, 2.75) is 130 Å². The fourth-order valence-electron chi connectivity index (χ4n) is 10.8. The Morgan fingerprint density at radius 2 is 1.67 bits per heavy atom. The van der Waals surface area contributed by atoms with Gasteiger partial charge in [0.2, 0.25) is 0 Å². The van der Waals surface area contributed by atoms with Gasteiger partial charge in [0, 0.05) is 6.54 Å². The monoisotopic (exact) mass is 581 g/mol. The quantitative estimate of drug-likeness (QED) is 0.306. The molecule has 3 N–H and O–H groups in total. The Morgan fingerprint density at radius 1 is 1.00 bits per heavy atom. The first-order valence-corrected chi connectivity index (χ1v) is 17.2. The number of carbonyl (C=O) groups is 1. The third-order valence-corrected chi connectivity index (χ3v) is 13.2. The standard InChI is InChI=1S/C37H59NO4/c1-8-27-31-21-26(39)15-18-37(31,7)30-16-19-36(6)28(13-14-29(36)32(30)33(27)40)23(2)17-20-42-34(41)38-22-24-9-11-25(12-10-24)35(3,4)5/h9-12,23,26-33,39-40H,8,13-22H2,1-7H3,(H,38,41)/t23-,26-,27-,28-,29+,30+,31?,32?,33-,36-,37?/m1/s1. The molecule has 1 aromatic rings. The van der Waals surface area contributed by atoms with Gasteiger partial charge in [-0.3, -0.25) is 0 Å². The van der Waals surface area contributed by atoms with E-state index in [1.807, 2.05) is 0 Å². The molecule has 0 heterocycles. The summed E-state index contributed by atoms with van der Waals surface area (Å²) >= 11 is 0. The molecule has 42 heavy (non-hydrogen) atoms. The van der Waals surface area contributed by atoms with Gasteiger partial charge in [-0.25, -0.2) is 4.79 Å². The van der Waals surface area contributed by atoms with Crippen molar-refractivity contribution in [3.05, 3.63) is 35.4 Å². The van der Waals surface area contributed by atoms with E-state index >= 15 is 0 Å². The molecule has 11 atom stereocenters. The minimum absolute atomic E-state index is 0.118. The van der Waals surface area contributed by atoms with Crippen molar-refractivity contribution in [2.75, 3.05) is 6.61 Å². The van der Waals surface area contributed by atoms with Crippen molar-refractivity contribution >= 4 is 6.09 Å². The van der Waals surface area contributed by atoms with Crippen LogP contribution >= 0.6 is 0 Å². The Balaban J connectivity index is 1.16. The zero-order chi connectivity index (χ0) is 30.4. The van der Waals surface area contributed by atoms with Crippen molar-refractivity contribution in [1.82, 2.24) is 5.32 Å². The van der Waals surface area contributed by atoms with E-state index in [4.69, 9.17) is 4.74 Å². The van der Waals surface area contributed by atoms with Crippen LogP contribution in [0.3, 0.4) is 0 Å². The highest BCUT2D eigenvalue weighted by Crippen LogP contribution is 2.69. The molecule has 0 spiro atoms. The summed E-state index contributed by atoms with van der Waals surface area (Å²) in [5.74, 6) is 3.32. The lowest BCUT2D eigenvalue weighted by Gasteiger charge is -2.64. The minimum Gasteiger partial charge on any atom is -0.450 e. The molecule has 3 unspecified atom stereocenters. The molecule has 1 amide bonds. The molecule has 5 nitrogen and oxygen atoms in total. The number of rotatable bonds is 7. The summed E-state index contributed by atoms with van der Waals surface area (Å²) in [7, 11) is 0. The van der Waals surface area contributed by atoms with Gasteiger partial charge in [0.05, 0.1) is 18.8 Å². The molecule has 4 fully saturated rings. The maximum absolute atomic E-state index is 12.5. The number of hydrogen-bond acceptors (Lipinski definition) is 4. The van der Waals surface area contributed by atoms with Gasteiger partial charge in [0.25, 0.3) is 0 Å². The topological polar surface area (TPSA) is 78.8 Å². The summed E-state index contributed by atoms with van der Waals surface area (Å²) in [6.07, 6.45) is 8.84. The molecule has 5 rings (SSSR count). The lowest BCUT2D eigenvalue weighted by Crippen LogP contribution is -2.62. The zero-order valence-electron chi connectivity index (χ0n) is 27.5. The van der Waals surface area contributed by atoms with Crippen LogP contribution < -0.4 is 5.32 Å². The summed E-state index contributed by atoms with van der Waals surface area (Å²) in [6.45, 7) is 17.2. The van der Waals surface area contributed by atoms with E-state index in [-0.39, 0.29) is 34.5 Å². The molecule has 4 aliphatic carbocycles. The second-order valence-corrected chi connectivity index (χ2v) is 16.3. The van der Waals surface area contributed by atoms with Gasteiger partial charge >= 0.3 is 6.09 Å². The number of carbonyl (C=O) groups excluding carboxylic acids is 1. The predicted octanol–water partition coefficient (Wildman–Crippen LogP) is 7.86. The molecular weight excluding hydrogens is 522 g/mol. The highest BCUT2D eigenvalue weighted by atomic mass is 16.5. The Kier molecular flexibility index (Phi) is 9.14. The smallest absolute Gasteiger partial charge is 0.407 e. The molecular formula is C37H59NO4. The maximum Gasteiger partial charge on any atom is 0.407 e. The summed E-state index contributed by atoms with van der Waals surface area (Å²) in [5.41, 5.74) is 2.96. The number of ether oxygens (including phenoxy) is 1. The van der Waals surface area contributed by atoms with Gasteiger partial charge in [0.15, 0.2) is 0 Å². The molecule has 4 aliphatic rings. The maximum atomic E-state index is 12.5. The molecule has 5 heteroatoms. The summed E-state index contributed by atoms with van der Waals surface area (Å²) in [6, 6.07) is 8.44. The molecule has 4 saturated carbocycles. The normalized spacial score (nSPS) is 40.4. The van der Waals surface area contributed by atoms with Gasteiger partial charge in [-0.05, 0) is 120 Å². The third-order valence-electron chi connectivity index (χ3n) is 13.2. The minimum atomic E-state index is -0.338. The number of alkyl carbamates (subject to hydrolysis) is 1. The first-order chi connectivity index (χ1) is 19.8. The number of nitrogens with one attached hydrogen (secondary N) is 1. The van der Waals surface area contributed by atoms with Crippen LogP contribution in [-0.4, -0.2) is 35.1 Å². The fraction of sp³-hybridized carbons (Fsp3) is 0.811. The second kappa shape index (κ2) is 12.1. The van der Waals surface area contributed by atoms with Crippen LogP contribution in [0.4, 0.5) is 4.79 Å². The Bertz CT molecular complexity index is 1080.